The van der Waals surface area contributed by atoms with E-state index in [0.29, 0.717) is 12.8 Å². The average Bonchev–Trinajstić information content (AvgIpc) is 1.87. The summed E-state index contributed by atoms with van der Waals surface area (Å²) in [6, 6.07) is 0. The smallest absolute Gasteiger partial charge is 0.149 e. The Morgan fingerprint density at radius 2 is 1.44 bits per heavy atom. The summed E-state index contributed by atoms with van der Waals surface area (Å²) < 4.78 is 0. The van der Waals surface area contributed by atoms with Crippen molar-refractivity contribution in [3.8, 4) is 0 Å². The second kappa shape index (κ2) is 4.24. The number of ketones is 2. The molecule has 2 nitrogen and oxygen atoms in total. The molecule has 0 saturated heterocycles. The minimum atomic E-state index is -0.207. The zero-order valence-electron chi connectivity index (χ0n) is 5.73. The maximum absolute atomic E-state index is 10.4. The molecule has 2 heteroatoms. The Labute approximate surface area is 55.3 Å². The van der Waals surface area contributed by atoms with Crippen molar-refractivity contribution < 1.29 is 9.59 Å². The summed E-state index contributed by atoms with van der Waals surface area (Å²) in [5.74, 6) is -0.413. The molecular weight excluding hydrogens is 116 g/mol. The Balaban J connectivity index is 3.47. The van der Waals surface area contributed by atoms with Crippen LogP contribution in [-0.4, -0.2) is 11.6 Å². The fraction of sp³-hybridized carbons (Fsp3) is 0.571. The van der Waals surface area contributed by atoms with Gasteiger partial charge < -0.3 is 0 Å². The Kier molecular flexibility index (Phi) is 3.93. The van der Waals surface area contributed by atoms with E-state index in [2.05, 4.69) is 6.42 Å². The maximum atomic E-state index is 10.4. The Morgan fingerprint density at radius 3 is 1.67 bits per heavy atom. The number of carbonyl (C=O) groups excluding carboxylic acids is 2. The van der Waals surface area contributed by atoms with E-state index >= 15 is 0 Å². The van der Waals surface area contributed by atoms with Crippen molar-refractivity contribution in [3.05, 3.63) is 6.42 Å². The molecule has 0 amide bonds. The predicted molar refractivity (Wildman–Crippen MR) is 33.8 cm³/mol. The second-order valence-electron chi connectivity index (χ2n) is 1.68. The molecule has 0 aromatic carbocycles. The molecular formula is C7H10O2. The molecule has 0 atom stereocenters. The highest BCUT2D eigenvalue weighted by Crippen LogP contribution is 1.91. The highest BCUT2D eigenvalue weighted by molar-refractivity contribution is 6.10. The van der Waals surface area contributed by atoms with E-state index < -0.39 is 0 Å². The minimum Gasteiger partial charge on any atom is -0.298 e. The van der Waals surface area contributed by atoms with Gasteiger partial charge in [-0.15, -0.1) is 0 Å². The molecule has 0 aliphatic heterocycles. The first-order valence-corrected chi connectivity index (χ1v) is 3.03. The van der Waals surface area contributed by atoms with Gasteiger partial charge in [-0.05, 0) is 0 Å². The highest BCUT2D eigenvalue weighted by atomic mass is 16.1. The van der Waals surface area contributed by atoms with Crippen molar-refractivity contribution in [1.29, 1.82) is 0 Å². The van der Waals surface area contributed by atoms with Gasteiger partial charge in [0, 0.05) is 12.8 Å². The van der Waals surface area contributed by atoms with Crippen molar-refractivity contribution in [1.82, 2.24) is 0 Å². The van der Waals surface area contributed by atoms with Crippen LogP contribution in [0.1, 0.15) is 26.7 Å². The number of hydrogen-bond donors (Lipinski definition) is 0. The first-order chi connectivity index (χ1) is 4.20. The van der Waals surface area contributed by atoms with Crippen LogP contribution in [0.2, 0.25) is 0 Å². The van der Waals surface area contributed by atoms with Crippen LogP contribution in [0.5, 0.6) is 0 Å². The first kappa shape index (κ1) is 8.34. The molecule has 0 aliphatic carbocycles. The highest BCUT2D eigenvalue weighted by Gasteiger charge is 2.05. The number of carbonyl (C=O) groups is 2. The third-order valence-corrected chi connectivity index (χ3v) is 0.921. The Morgan fingerprint density at radius 1 is 1.11 bits per heavy atom. The van der Waals surface area contributed by atoms with E-state index in [-0.39, 0.29) is 11.6 Å². The topological polar surface area (TPSA) is 34.1 Å². The summed E-state index contributed by atoms with van der Waals surface area (Å²) in [7, 11) is 0. The Bertz CT molecular complexity index is 102. The molecule has 0 aromatic heterocycles. The van der Waals surface area contributed by atoms with Crippen molar-refractivity contribution in [3.63, 3.8) is 0 Å². The van der Waals surface area contributed by atoms with Crippen LogP contribution in [0.3, 0.4) is 0 Å². The molecule has 50 valence electrons. The molecule has 0 heterocycles. The van der Waals surface area contributed by atoms with Gasteiger partial charge in [0.1, 0.15) is 18.0 Å². The molecule has 0 aliphatic rings. The fourth-order valence-corrected chi connectivity index (χ4v) is 0.332. The summed E-state index contributed by atoms with van der Waals surface area (Å²) >= 11 is 0. The summed E-state index contributed by atoms with van der Waals surface area (Å²) in [5, 5.41) is 0. The van der Waals surface area contributed by atoms with Crippen LogP contribution in [0.15, 0.2) is 0 Å². The van der Waals surface area contributed by atoms with E-state index in [1.165, 1.54) is 0 Å². The van der Waals surface area contributed by atoms with Gasteiger partial charge in [0.05, 0.1) is 0 Å². The molecule has 0 spiro atoms. The van der Waals surface area contributed by atoms with Gasteiger partial charge in [-0.2, -0.15) is 0 Å². The monoisotopic (exact) mass is 126 g/mol. The molecule has 0 bridgehead atoms. The maximum Gasteiger partial charge on any atom is 0.149 e. The third kappa shape index (κ3) is 3.88. The summed E-state index contributed by atoms with van der Waals surface area (Å²) in [5.41, 5.74) is 0. The number of Topliss-reactive ketones (excluding diaryl/α,β-unsaturated/α-hetero) is 2. The van der Waals surface area contributed by atoms with Crippen molar-refractivity contribution in [2.24, 2.45) is 0 Å². The van der Waals surface area contributed by atoms with Crippen LogP contribution in [0, 0.1) is 6.42 Å². The third-order valence-electron chi connectivity index (χ3n) is 0.921. The lowest BCUT2D eigenvalue weighted by Gasteiger charge is -1.89. The van der Waals surface area contributed by atoms with Gasteiger partial charge >= 0.3 is 0 Å². The van der Waals surface area contributed by atoms with Crippen LogP contribution in [0.25, 0.3) is 0 Å². The predicted octanol–water partition coefficient (Wildman–Crippen LogP) is 1.03. The van der Waals surface area contributed by atoms with Gasteiger partial charge in [0.15, 0.2) is 0 Å². The molecule has 0 saturated carbocycles. The van der Waals surface area contributed by atoms with Gasteiger partial charge in [0.25, 0.3) is 0 Å². The van der Waals surface area contributed by atoms with E-state index in [1.807, 2.05) is 0 Å². The molecule has 2 radical (unpaired) electrons. The van der Waals surface area contributed by atoms with Gasteiger partial charge in [-0.3, -0.25) is 9.59 Å². The molecule has 9 heavy (non-hydrogen) atoms. The van der Waals surface area contributed by atoms with Crippen molar-refractivity contribution >= 4 is 11.6 Å². The lowest BCUT2D eigenvalue weighted by Crippen LogP contribution is -2.05. The van der Waals surface area contributed by atoms with Gasteiger partial charge in [-0.25, -0.2) is 0 Å². The largest absolute Gasteiger partial charge is 0.298 e. The molecule has 0 aromatic rings. The van der Waals surface area contributed by atoms with Gasteiger partial charge in [-0.1, -0.05) is 13.8 Å². The van der Waals surface area contributed by atoms with E-state index in [0.717, 1.165) is 0 Å². The van der Waals surface area contributed by atoms with Crippen molar-refractivity contribution in [2.75, 3.05) is 0 Å². The fourth-order valence-electron chi connectivity index (χ4n) is 0.332. The summed E-state index contributed by atoms with van der Waals surface area (Å²) in [4.78, 5) is 20.9. The SMILES string of the molecule is CCC(=O)[C]C(=O)CC. The van der Waals surface area contributed by atoms with Crippen LogP contribution >= 0.6 is 0 Å². The van der Waals surface area contributed by atoms with E-state index in [4.69, 9.17) is 0 Å². The number of hydrogen-bond acceptors (Lipinski definition) is 2. The lowest BCUT2D eigenvalue weighted by atomic mass is 10.1. The first-order valence-electron chi connectivity index (χ1n) is 3.03. The summed E-state index contributed by atoms with van der Waals surface area (Å²) in [6.45, 7) is 3.41. The molecule has 0 rings (SSSR count). The van der Waals surface area contributed by atoms with Crippen LogP contribution in [-0.2, 0) is 9.59 Å². The average molecular weight is 126 g/mol. The standard InChI is InChI=1S/C7H10O2/c1-3-6(8)5-7(9)4-2/h3-4H2,1-2H3. The van der Waals surface area contributed by atoms with E-state index in [1.54, 1.807) is 13.8 Å². The second-order valence-corrected chi connectivity index (χ2v) is 1.68. The quantitative estimate of drug-likeness (QED) is 0.563. The van der Waals surface area contributed by atoms with Crippen LogP contribution < -0.4 is 0 Å². The normalized spacial score (nSPS) is 9.11. The van der Waals surface area contributed by atoms with Crippen molar-refractivity contribution in [2.45, 2.75) is 26.7 Å². The lowest BCUT2D eigenvalue weighted by molar-refractivity contribution is -0.121. The zero-order chi connectivity index (χ0) is 7.28. The molecule has 0 unspecified atom stereocenters. The van der Waals surface area contributed by atoms with E-state index in [9.17, 15) is 9.59 Å². The Hall–Kier alpha value is -0.660. The number of rotatable bonds is 4. The van der Waals surface area contributed by atoms with Crippen LogP contribution in [0.4, 0.5) is 0 Å². The molecule has 0 N–H and O–H groups in total. The van der Waals surface area contributed by atoms with Gasteiger partial charge in [0.2, 0.25) is 0 Å². The molecule has 0 fully saturated rings. The minimum absolute atomic E-state index is 0.207. The zero-order valence-corrected chi connectivity index (χ0v) is 5.73. The summed E-state index contributed by atoms with van der Waals surface area (Å²) in [6.07, 6.45) is 2.93.